The Hall–Kier alpha value is -3.81. The van der Waals surface area contributed by atoms with E-state index in [4.69, 9.17) is 18.9 Å². The Morgan fingerprint density at radius 3 is 2.23 bits per heavy atom. The molecule has 2 heterocycles. The van der Waals surface area contributed by atoms with E-state index in [-0.39, 0.29) is 5.75 Å². The first kappa shape index (κ1) is 20.5. The molecule has 4 rings (SSSR count). The lowest BCUT2D eigenvalue weighted by Crippen LogP contribution is -2.19. The standard InChI is InChI=1S/C23H20F2N2O4/c1-28-15-5-8-27(9-6-15)14-10-17(24)23(18(25)11-14)31-20-4-7-26-19-13-22(30-3)21(29-2)12-16(19)20/h4-8,10-13H,9H2,1-3H3. The Morgan fingerprint density at radius 1 is 0.903 bits per heavy atom. The number of halogens is 2. The fraction of sp³-hybridized carbons (Fsp3) is 0.174. The first-order valence-electron chi connectivity index (χ1n) is 9.40. The summed E-state index contributed by atoms with van der Waals surface area (Å²) in [6, 6.07) is 7.30. The van der Waals surface area contributed by atoms with Gasteiger partial charge in [0.25, 0.3) is 0 Å². The van der Waals surface area contributed by atoms with Gasteiger partial charge >= 0.3 is 0 Å². The molecule has 0 radical (unpaired) electrons. The van der Waals surface area contributed by atoms with Crippen LogP contribution in [0.15, 0.2) is 60.6 Å². The predicted octanol–water partition coefficient (Wildman–Crippen LogP) is 5.19. The number of allylic oxidation sites excluding steroid dienone is 1. The van der Waals surface area contributed by atoms with E-state index in [1.165, 1.54) is 38.6 Å². The van der Waals surface area contributed by atoms with Crippen LogP contribution < -0.4 is 19.1 Å². The molecule has 1 aromatic heterocycles. The second-order valence-corrected chi connectivity index (χ2v) is 6.65. The summed E-state index contributed by atoms with van der Waals surface area (Å²) in [6.07, 6.45) is 6.72. The molecule has 0 saturated carbocycles. The number of hydrogen-bond acceptors (Lipinski definition) is 6. The summed E-state index contributed by atoms with van der Waals surface area (Å²) in [4.78, 5) is 5.96. The molecule has 3 aromatic rings. The molecule has 2 aromatic carbocycles. The summed E-state index contributed by atoms with van der Waals surface area (Å²) in [7, 11) is 4.57. The molecule has 0 fully saturated rings. The lowest BCUT2D eigenvalue weighted by atomic mass is 10.1. The minimum atomic E-state index is -0.824. The number of rotatable bonds is 6. The summed E-state index contributed by atoms with van der Waals surface area (Å²) in [6.45, 7) is 0.426. The molecule has 0 unspecified atom stereocenters. The lowest BCUT2D eigenvalue weighted by Gasteiger charge is -2.23. The van der Waals surface area contributed by atoms with Crippen molar-refractivity contribution in [1.29, 1.82) is 0 Å². The molecule has 31 heavy (non-hydrogen) atoms. The van der Waals surface area contributed by atoms with Crippen LogP contribution in [0.1, 0.15) is 0 Å². The number of methoxy groups -OCH3 is 3. The zero-order valence-corrected chi connectivity index (χ0v) is 17.2. The van der Waals surface area contributed by atoms with Crippen LogP contribution in [0.25, 0.3) is 10.9 Å². The van der Waals surface area contributed by atoms with E-state index in [1.807, 2.05) is 6.08 Å². The van der Waals surface area contributed by atoms with Crippen molar-refractivity contribution in [3.05, 3.63) is 72.3 Å². The Kier molecular flexibility index (Phi) is 5.62. The monoisotopic (exact) mass is 426 g/mol. The van der Waals surface area contributed by atoms with Crippen molar-refractivity contribution < 1.29 is 27.7 Å². The van der Waals surface area contributed by atoms with Crippen molar-refractivity contribution in [3.63, 3.8) is 0 Å². The highest BCUT2D eigenvalue weighted by Crippen LogP contribution is 2.38. The number of nitrogens with zero attached hydrogens (tertiary/aromatic N) is 2. The molecule has 160 valence electrons. The van der Waals surface area contributed by atoms with E-state index in [1.54, 1.807) is 36.4 Å². The molecular formula is C23H20F2N2O4. The average molecular weight is 426 g/mol. The van der Waals surface area contributed by atoms with Crippen LogP contribution in [0.5, 0.6) is 23.0 Å². The third kappa shape index (κ3) is 3.96. The second-order valence-electron chi connectivity index (χ2n) is 6.65. The normalized spacial score (nSPS) is 13.2. The van der Waals surface area contributed by atoms with E-state index in [0.29, 0.717) is 40.4 Å². The van der Waals surface area contributed by atoms with E-state index in [0.717, 1.165) is 0 Å². The maximum atomic E-state index is 14.8. The first-order chi connectivity index (χ1) is 15.0. The van der Waals surface area contributed by atoms with Gasteiger partial charge in [0.05, 0.1) is 26.8 Å². The molecule has 0 spiro atoms. The number of hydrogen-bond donors (Lipinski definition) is 0. The zero-order valence-electron chi connectivity index (χ0n) is 17.2. The summed E-state index contributed by atoms with van der Waals surface area (Å²) >= 11 is 0. The molecule has 0 aliphatic carbocycles. The van der Waals surface area contributed by atoms with Crippen LogP contribution >= 0.6 is 0 Å². The van der Waals surface area contributed by atoms with Gasteiger partial charge in [-0.2, -0.15) is 0 Å². The van der Waals surface area contributed by atoms with E-state index < -0.39 is 17.4 Å². The molecule has 0 bridgehead atoms. The maximum Gasteiger partial charge on any atom is 0.198 e. The largest absolute Gasteiger partial charge is 0.497 e. The van der Waals surface area contributed by atoms with Gasteiger partial charge in [0.15, 0.2) is 28.9 Å². The minimum absolute atomic E-state index is 0.238. The number of aromatic nitrogens is 1. The number of benzene rings is 2. The third-order valence-corrected chi connectivity index (χ3v) is 4.88. The van der Waals surface area contributed by atoms with Gasteiger partial charge in [-0.05, 0) is 24.3 Å². The summed E-state index contributed by atoms with van der Waals surface area (Å²) in [5, 5.41) is 0.527. The molecular weight excluding hydrogens is 406 g/mol. The van der Waals surface area contributed by atoms with Gasteiger partial charge in [-0.25, -0.2) is 8.78 Å². The van der Waals surface area contributed by atoms with Crippen molar-refractivity contribution in [1.82, 2.24) is 4.98 Å². The lowest BCUT2D eigenvalue weighted by molar-refractivity contribution is 0.304. The van der Waals surface area contributed by atoms with Crippen LogP contribution in [0, 0.1) is 11.6 Å². The molecule has 0 atom stereocenters. The van der Waals surface area contributed by atoms with Gasteiger partial charge in [0, 0.05) is 48.2 Å². The van der Waals surface area contributed by atoms with Gasteiger partial charge in [-0.1, -0.05) is 0 Å². The highest BCUT2D eigenvalue weighted by molar-refractivity contribution is 5.88. The summed E-state index contributed by atoms with van der Waals surface area (Å²) in [5.41, 5.74) is 0.891. The quantitative estimate of drug-likeness (QED) is 0.541. The van der Waals surface area contributed by atoms with E-state index in [9.17, 15) is 8.78 Å². The van der Waals surface area contributed by atoms with Gasteiger partial charge in [-0.3, -0.25) is 4.98 Å². The van der Waals surface area contributed by atoms with Crippen LogP contribution in [0.3, 0.4) is 0 Å². The minimum Gasteiger partial charge on any atom is -0.497 e. The van der Waals surface area contributed by atoms with Gasteiger partial charge < -0.3 is 23.8 Å². The smallest absolute Gasteiger partial charge is 0.198 e. The second kappa shape index (κ2) is 8.51. The predicted molar refractivity (Wildman–Crippen MR) is 113 cm³/mol. The Bertz CT molecular complexity index is 1170. The zero-order chi connectivity index (χ0) is 22.0. The molecule has 0 saturated heterocycles. The van der Waals surface area contributed by atoms with Crippen LogP contribution in [0.4, 0.5) is 14.5 Å². The molecule has 8 heteroatoms. The number of anilines is 1. The molecule has 1 aliphatic rings. The molecule has 0 amide bonds. The van der Waals surface area contributed by atoms with Gasteiger partial charge in [-0.15, -0.1) is 0 Å². The molecule has 1 aliphatic heterocycles. The number of fused-ring (bicyclic) bond motifs is 1. The van der Waals surface area contributed by atoms with Crippen LogP contribution in [-0.4, -0.2) is 32.9 Å². The van der Waals surface area contributed by atoms with Gasteiger partial charge in [0.2, 0.25) is 0 Å². The summed E-state index contributed by atoms with van der Waals surface area (Å²) in [5.74, 6) is -0.284. The highest BCUT2D eigenvalue weighted by Gasteiger charge is 2.19. The SMILES string of the molecule is COC1=CCN(c2cc(F)c(Oc3ccnc4cc(OC)c(OC)cc34)c(F)c2)C=C1. The van der Waals surface area contributed by atoms with Crippen LogP contribution in [-0.2, 0) is 4.74 Å². The molecule has 6 nitrogen and oxygen atoms in total. The topological polar surface area (TPSA) is 53.1 Å². The Labute approximate surface area is 177 Å². The van der Waals surface area contributed by atoms with E-state index in [2.05, 4.69) is 4.98 Å². The molecule has 0 N–H and O–H groups in total. The van der Waals surface area contributed by atoms with Crippen molar-refractivity contribution in [2.75, 3.05) is 32.8 Å². The first-order valence-corrected chi connectivity index (χ1v) is 9.40. The average Bonchev–Trinajstić information content (AvgIpc) is 2.80. The fourth-order valence-electron chi connectivity index (χ4n) is 3.28. The third-order valence-electron chi connectivity index (χ3n) is 4.88. The van der Waals surface area contributed by atoms with E-state index >= 15 is 0 Å². The van der Waals surface area contributed by atoms with Crippen molar-refractivity contribution in [2.24, 2.45) is 0 Å². The highest BCUT2D eigenvalue weighted by atomic mass is 19.1. The van der Waals surface area contributed by atoms with Crippen molar-refractivity contribution >= 4 is 16.6 Å². The fourth-order valence-corrected chi connectivity index (χ4v) is 3.28. The van der Waals surface area contributed by atoms with Gasteiger partial charge in [0.1, 0.15) is 11.5 Å². The maximum absolute atomic E-state index is 14.8. The summed E-state index contributed by atoms with van der Waals surface area (Å²) < 4.78 is 51.1. The van der Waals surface area contributed by atoms with Crippen molar-refractivity contribution in [3.8, 4) is 23.0 Å². The Balaban J connectivity index is 1.68. The number of pyridine rings is 1. The number of ether oxygens (including phenoxy) is 4. The van der Waals surface area contributed by atoms with Crippen LogP contribution in [0.2, 0.25) is 0 Å². The Morgan fingerprint density at radius 2 is 1.61 bits per heavy atom. The van der Waals surface area contributed by atoms with Crippen molar-refractivity contribution in [2.45, 2.75) is 0 Å².